The maximum atomic E-state index is 13.6. The van der Waals surface area contributed by atoms with Gasteiger partial charge in [0.1, 0.15) is 12.4 Å². The minimum Gasteiger partial charge on any atom is -0.491 e. The summed E-state index contributed by atoms with van der Waals surface area (Å²) in [5.74, 6) is 0.446. The molecule has 0 radical (unpaired) electrons. The standard InChI is InChI=1S/C24H27N5O4S/c1-15-8-9-19-18(13-15)17(10-11-26-19)24(30)29-12-3-2-5-16(29)14-33-21-7-4-6-20-22(21)23(25)28-34(31,32)27-20/h4,6-11,13,16,27,31-32H,2-3,5,12,14H2,1H3,(H2,25,28)/t16-/m1/s1. The molecule has 1 fully saturated rings. The van der Waals surface area contributed by atoms with E-state index in [0.717, 1.165) is 35.7 Å². The van der Waals surface area contributed by atoms with E-state index >= 15 is 0 Å². The smallest absolute Gasteiger partial charge is 0.254 e. The Morgan fingerprint density at radius 3 is 2.97 bits per heavy atom. The van der Waals surface area contributed by atoms with Crippen molar-refractivity contribution in [3.63, 3.8) is 0 Å². The first kappa shape index (κ1) is 22.5. The monoisotopic (exact) mass is 481 g/mol. The second kappa shape index (κ2) is 8.79. The Hall–Kier alpha value is -3.34. The number of amidine groups is 1. The van der Waals surface area contributed by atoms with Crippen LogP contribution in [0.3, 0.4) is 0 Å². The van der Waals surface area contributed by atoms with Crippen molar-refractivity contribution in [1.82, 2.24) is 9.88 Å². The molecule has 1 amide bonds. The molecule has 0 unspecified atom stereocenters. The molecule has 2 aliphatic rings. The number of aryl methyl sites for hydroxylation is 1. The predicted molar refractivity (Wildman–Crippen MR) is 134 cm³/mol. The number of pyridine rings is 1. The van der Waals surface area contributed by atoms with Gasteiger partial charge in [0, 0.05) is 18.1 Å². The van der Waals surface area contributed by atoms with Crippen LogP contribution in [0.4, 0.5) is 5.69 Å². The summed E-state index contributed by atoms with van der Waals surface area (Å²) < 4.78 is 32.3. The van der Waals surface area contributed by atoms with Gasteiger partial charge in [0.2, 0.25) is 0 Å². The second-order valence-electron chi connectivity index (χ2n) is 8.61. The summed E-state index contributed by atoms with van der Waals surface area (Å²) in [6.45, 7) is 2.94. The number of aromatic nitrogens is 1. The van der Waals surface area contributed by atoms with Gasteiger partial charge in [-0.1, -0.05) is 17.7 Å². The molecule has 9 nitrogen and oxygen atoms in total. The summed E-state index contributed by atoms with van der Waals surface area (Å²) in [6, 6.07) is 12.8. The summed E-state index contributed by atoms with van der Waals surface area (Å²) >= 11 is 0. The lowest BCUT2D eigenvalue weighted by Gasteiger charge is -2.36. The number of likely N-dealkylation sites (tertiary alicyclic amines) is 1. The molecule has 34 heavy (non-hydrogen) atoms. The molecule has 10 heteroatoms. The van der Waals surface area contributed by atoms with Crippen LogP contribution in [-0.2, 0) is 0 Å². The topological polar surface area (TPSA) is 133 Å². The lowest BCUT2D eigenvalue weighted by Crippen LogP contribution is -2.46. The van der Waals surface area contributed by atoms with Crippen LogP contribution in [0.25, 0.3) is 10.9 Å². The number of ether oxygens (including phenoxy) is 1. The van der Waals surface area contributed by atoms with E-state index in [2.05, 4.69) is 14.1 Å². The molecule has 178 valence electrons. The van der Waals surface area contributed by atoms with E-state index in [1.54, 1.807) is 30.5 Å². The Morgan fingerprint density at radius 1 is 1.26 bits per heavy atom. The fraction of sp³-hybridized carbons (Fsp3) is 0.292. The van der Waals surface area contributed by atoms with Gasteiger partial charge < -0.3 is 15.4 Å². The van der Waals surface area contributed by atoms with Crippen LogP contribution >= 0.6 is 11.0 Å². The van der Waals surface area contributed by atoms with Gasteiger partial charge in [-0.3, -0.25) is 23.6 Å². The third-order valence-corrected chi connectivity index (χ3v) is 7.15. The summed E-state index contributed by atoms with van der Waals surface area (Å²) in [5, 5.41) is 0.851. The maximum absolute atomic E-state index is 13.6. The zero-order valence-electron chi connectivity index (χ0n) is 18.8. The highest BCUT2D eigenvalue weighted by atomic mass is 32.3. The van der Waals surface area contributed by atoms with Crippen LogP contribution in [-0.4, -0.2) is 49.9 Å². The highest BCUT2D eigenvalue weighted by Crippen LogP contribution is 2.46. The van der Waals surface area contributed by atoms with E-state index in [0.29, 0.717) is 29.1 Å². The van der Waals surface area contributed by atoms with Crippen LogP contribution in [0.5, 0.6) is 5.75 Å². The van der Waals surface area contributed by atoms with Gasteiger partial charge in [0.25, 0.3) is 5.91 Å². The summed E-state index contributed by atoms with van der Waals surface area (Å²) in [6.07, 6.45) is 4.45. The van der Waals surface area contributed by atoms with Gasteiger partial charge in [-0.05, 0) is 67.5 Å². The zero-order chi connectivity index (χ0) is 23.9. The van der Waals surface area contributed by atoms with E-state index in [9.17, 15) is 13.9 Å². The summed E-state index contributed by atoms with van der Waals surface area (Å²) in [4.78, 5) is 19.9. The Bertz CT molecular complexity index is 1300. The normalized spacial score (nSPS) is 20.1. The number of hydrogen-bond donors (Lipinski definition) is 4. The van der Waals surface area contributed by atoms with Crippen LogP contribution in [0, 0.1) is 6.92 Å². The highest BCUT2D eigenvalue weighted by Gasteiger charge is 2.30. The molecule has 2 aromatic carbocycles. The molecule has 0 saturated carbocycles. The number of carbonyl (C=O) groups is 1. The summed E-state index contributed by atoms with van der Waals surface area (Å²) in [5.41, 5.74) is 9.45. The number of carbonyl (C=O) groups excluding carboxylic acids is 1. The SMILES string of the molecule is Cc1ccc2nccc(C(=O)N3CCCC[C@@H]3COc3cccc4c3C(N)=NS(O)(O)N4)c2c1. The molecule has 1 saturated heterocycles. The number of benzene rings is 2. The van der Waals surface area contributed by atoms with Crippen molar-refractivity contribution in [2.24, 2.45) is 10.1 Å². The van der Waals surface area contributed by atoms with E-state index < -0.39 is 11.0 Å². The number of rotatable bonds is 4. The molecule has 0 bridgehead atoms. The van der Waals surface area contributed by atoms with Crippen LogP contribution < -0.4 is 15.2 Å². The highest BCUT2D eigenvalue weighted by molar-refractivity contribution is 8.24. The molecule has 5 N–H and O–H groups in total. The van der Waals surface area contributed by atoms with E-state index in [1.807, 2.05) is 30.0 Å². The summed E-state index contributed by atoms with van der Waals surface area (Å²) in [7, 11) is -3.37. The minimum atomic E-state index is -3.37. The zero-order valence-corrected chi connectivity index (χ0v) is 19.6. The molecular weight excluding hydrogens is 454 g/mol. The quantitative estimate of drug-likeness (QED) is 0.436. The molecule has 3 heterocycles. The molecule has 0 aliphatic carbocycles. The Kier molecular flexibility index (Phi) is 5.80. The second-order valence-corrected chi connectivity index (χ2v) is 10.0. The Morgan fingerprint density at radius 2 is 2.12 bits per heavy atom. The van der Waals surface area contributed by atoms with Crippen LogP contribution in [0.1, 0.15) is 40.7 Å². The molecule has 3 aromatic rings. The van der Waals surface area contributed by atoms with Crippen LogP contribution in [0.15, 0.2) is 53.1 Å². The molecule has 1 aromatic heterocycles. The van der Waals surface area contributed by atoms with Gasteiger partial charge in [-0.2, -0.15) is 0 Å². The third kappa shape index (κ3) is 4.27. The third-order valence-electron chi connectivity index (χ3n) is 6.20. The Balaban J connectivity index is 1.40. The number of hydrogen-bond acceptors (Lipinski definition) is 8. The van der Waals surface area contributed by atoms with Crippen molar-refractivity contribution in [2.75, 3.05) is 17.9 Å². The number of anilines is 1. The van der Waals surface area contributed by atoms with E-state index in [4.69, 9.17) is 10.5 Å². The maximum Gasteiger partial charge on any atom is 0.254 e. The number of nitrogens with one attached hydrogen (secondary N) is 1. The molecule has 5 rings (SSSR count). The average Bonchev–Trinajstić information content (AvgIpc) is 2.81. The number of piperidine rings is 1. The lowest BCUT2D eigenvalue weighted by atomic mass is 9.99. The molecule has 0 spiro atoms. The van der Waals surface area contributed by atoms with Gasteiger partial charge in [-0.15, -0.1) is 4.40 Å². The van der Waals surface area contributed by atoms with Crippen molar-refractivity contribution in [3.8, 4) is 5.75 Å². The first-order valence-corrected chi connectivity index (χ1v) is 12.7. The van der Waals surface area contributed by atoms with Crippen molar-refractivity contribution in [3.05, 3.63) is 65.4 Å². The minimum absolute atomic E-state index is 0.000415. The molecule has 1 atom stereocenters. The van der Waals surface area contributed by atoms with E-state index in [1.165, 1.54) is 0 Å². The number of fused-ring (bicyclic) bond motifs is 2. The molecule has 2 aliphatic heterocycles. The van der Waals surface area contributed by atoms with Crippen molar-refractivity contribution in [1.29, 1.82) is 0 Å². The predicted octanol–water partition coefficient (Wildman–Crippen LogP) is 4.33. The van der Waals surface area contributed by atoms with Crippen molar-refractivity contribution >= 4 is 39.3 Å². The van der Waals surface area contributed by atoms with Gasteiger partial charge >= 0.3 is 0 Å². The van der Waals surface area contributed by atoms with Crippen molar-refractivity contribution < 1.29 is 18.6 Å². The van der Waals surface area contributed by atoms with Crippen molar-refractivity contribution in [2.45, 2.75) is 32.2 Å². The number of nitrogens with two attached hydrogens (primary N) is 1. The van der Waals surface area contributed by atoms with Gasteiger partial charge in [-0.25, -0.2) is 0 Å². The fourth-order valence-corrected chi connectivity index (χ4v) is 5.46. The molecular formula is C24H27N5O4S. The number of amides is 1. The van der Waals surface area contributed by atoms with Gasteiger partial charge in [0.15, 0.2) is 5.84 Å². The van der Waals surface area contributed by atoms with Crippen LogP contribution in [0.2, 0.25) is 0 Å². The number of nitrogens with zero attached hydrogens (tertiary/aromatic N) is 3. The fourth-order valence-electron chi connectivity index (χ4n) is 4.58. The van der Waals surface area contributed by atoms with Gasteiger partial charge in [0.05, 0.1) is 28.4 Å². The lowest BCUT2D eigenvalue weighted by molar-refractivity contribution is 0.0530. The Labute approximate surface area is 199 Å². The first-order valence-electron chi connectivity index (χ1n) is 11.2. The largest absolute Gasteiger partial charge is 0.491 e. The average molecular weight is 482 g/mol. The van der Waals surface area contributed by atoms with E-state index in [-0.39, 0.29) is 24.4 Å². The first-order chi connectivity index (χ1) is 16.3.